The van der Waals surface area contributed by atoms with Crippen LogP contribution < -0.4 is 5.32 Å². The predicted molar refractivity (Wildman–Crippen MR) is 86.7 cm³/mol. The standard InChI is InChI=1S/C14H11F3N4S2/c1-2-18-10-9-11(20-12(19-10)14(15,16)17)21(13(22)23-9)8-6-4-3-5-7-8/h3-7H,2H2,1H3,(H,18,19,20). The fraction of sp³-hybridized carbons (Fsp3) is 0.214. The van der Waals surface area contributed by atoms with E-state index in [1.807, 2.05) is 6.07 Å². The number of nitrogens with one attached hydrogen (secondary N) is 1. The molecule has 9 heteroatoms. The molecule has 0 saturated carbocycles. The van der Waals surface area contributed by atoms with Gasteiger partial charge in [0.05, 0.1) is 0 Å². The minimum absolute atomic E-state index is 0.149. The van der Waals surface area contributed by atoms with Crippen molar-refractivity contribution in [1.29, 1.82) is 0 Å². The summed E-state index contributed by atoms with van der Waals surface area (Å²) in [5.41, 5.74) is 0.822. The average Bonchev–Trinajstić information content (AvgIpc) is 2.84. The highest BCUT2D eigenvalue weighted by Gasteiger charge is 2.36. The maximum absolute atomic E-state index is 13.1. The Bertz CT molecular complexity index is 900. The molecular weight excluding hydrogens is 345 g/mol. The Balaban J connectivity index is 2.36. The van der Waals surface area contributed by atoms with Crippen molar-refractivity contribution in [3.8, 4) is 5.69 Å². The van der Waals surface area contributed by atoms with Crippen LogP contribution in [0.5, 0.6) is 0 Å². The normalized spacial score (nSPS) is 11.8. The molecule has 0 aliphatic rings. The van der Waals surface area contributed by atoms with Gasteiger partial charge in [-0.1, -0.05) is 29.5 Å². The first kappa shape index (κ1) is 15.9. The van der Waals surface area contributed by atoms with E-state index in [1.165, 1.54) is 15.9 Å². The molecule has 2 aromatic heterocycles. The van der Waals surface area contributed by atoms with E-state index in [0.29, 0.717) is 20.9 Å². The van der Waals surface area contributed by atoms with Crippen LogP contribution >= 0.6 is 23.6 Å². The highest BCUT2D eigenvalue weighted by Crippen LogP contribution is 2.34. The van der Waals surface area contributed by atoms with Crippen LogP contribution in [0.3, 0.4) is 0 Å². The van der Waals surface area contributed by atoms with Crippen molar-refractivity contribution in [3.05, 3.63) is 40.1 Å². The van der Waals surface area contributed by atoms with E-state index in [1.54, 1.807) is 31.2 Å². The van der Waals surface area contributed by atoms with E-state index >= 15 is 0 Å². The smallest absolute Gasteiger partial charge is 0.369 e. The number of benzene rings is 1. The van der Waals surface area contributed by atoms with Gasteiger partial charge in [0.15, 0.2) is 9.60 Å². The molecule has 0 atom stereocenters. The van der Waals surface area contributed by atoms with Crippen molar-refractivity contribution in [2.24, 2.45) is 0 Å². The molecule has 2 heterocycles. The van der Waals surface area contributed by atoms with Gasteiger partial charge in [-0.25, -0.2) is 9.97 Å². The summed E-state index contributed by atoms with van der Waals surface area (Å²) in [6, 6.07) is 8.94. The van der Waals surface area contributed by atoms with Crippen LogP contribution in [0.2, 0.25) is 0 Å². The van der Waals surface area contributed by atoms with Gasteiger partial charge in [-0.15, -0.1) is 0 Å². The molecule has 0 unspecified atom stereocenters. The molecule has 120 valence electrons. The van der Waals surface area contributed by atoms with Crippen molar-refractivity contribution in [2.75, 3.05) is 11.9 Å². The van der Waals surface area contributed by atoms with Gasteiger partial charge in [0.2, 0.25) is 5.82 Å². The Kier molecular flexibility index (Phi) is 4.07. The lowest BCUT2D eigenvalue weighted by Crippen LogP contribution is -2.14. The van der Waals surface area contributed by atoms with Gasteiger partial charge >= 0.3 is 6.18 Å². The summed E-state index contributed by atoms with van der Waals surface area (Å²) < 4.78 is 41.7. The molecule has 0 fully saturated rings. The second kappa shape index (κ2) is 5.89. The van der Waals surface area contributed by atoms with Gasteiger partial charge in [-0.05, 0) is 31.3 Å². The van der Waals surface area contributed by atoms with Crippen molar-refractivity contribution in [2.45, 2.75) is 13.1 Å². The molecule has 1 aromatic carbocycles. The number of fused-ring (bicyclic) bond motifs is 1. The van der Waals surface area contributed by atoms with Crippen LogP contribution in [-0.4, -0.2) is 21.1 Å². The first-order valence-electron chi connectivity index (χ1n) is 6.72. The lowest BCUT2D eigenvalue weighted by atomic mass is 10.3. The van der Waals surface area contributed by atoms with Crippen LogP contribution in [0.25, 0.3) is 16.0 Å². The number of anilines is 1. The summed E-state index contributed by atoms with van der Waals surface area (Å²) in [5, 5.41) is 2.85. The van der Waals surface area contributed by atoms with Gasteiger partial charge in [-0.3, -0.25) is 4.57 Å². The summed E-state index contributed by atoms with van der Waals surface area (Å²) in [4.78, 5) is 7.33. The zero-order chi connectivity index (χ0) is 16.6. The summed E-state index contributed by atoms with van der Waals surface area (Å²) in [7, 11) is 0. The van der Waals surface area contributed by atoms with Gasteiger partial charge in [0, 0.05) is 12.2 Å². The zero-order valence-electron chi connectivity index (χ0n) is 11.9. The van der Waals surface area contributed by atoms with Crippen LogP contribution in [0, 0.1) is 3.95 Å². The third-order valence-corrected chi connectivity index (χ3v) is 4.41. The Morgan fingerprint density at radius 3 is 2.52 bits per heavy atom. The third-order valence-electron chi connectivity index (χ3n) is 3.04. The quantitative estimate of drug-likeness (QED) is 0.693. The number of alkyl halides is 3. The number of aromatic nitrogens is 3. The molecular formula is C14H11F3N4S2. The van der Waals surface area contributed by atoms with Gasteiger partial charge in [-0.2, -0.15) is 13.2 Å². The van der Waals surface area contributed by atoms with Gasteiger partial charge in [0.25, 0.3) is 0 Å². The number of rotatable bonds is 3. The Labute approximate surface area is 138 Å². The molecule has 4 nitrogen and oxygen atoms in total. The second-order valence-electron chi connectivity index (χ2n) is 4.62. The number of hydrogen-bond acceptors (Lipinski definition) is 5. The average molecular weight is 356 g/mol. The van der Waals surface area contributed by atoms with Crippen LogP contribution in [0.1, 0.15) is 12.7 Å². The van der Waals surface area contributed by atoms with E-state index in [-0.39, 0.29) is 11.5 Å². The van der Waals surface area contributed by atoms with E-state index in [0.717, 1.165) is 0 Å². The first-order valence-corrected chi connectivity index (χ1v) is 7.94. The number of para-hydroxylation sites is 1. The minimum Gasteiger partial charge on any atom is -0.369 e. The molecule has 0 radical (unpaired) electrons. The number of hydrogen-bond donors (Lipinski definition) is 1. The maximum atomic E-state index is 13.1. The third kappa shape index (κ3) is 2.93. The number of nitrogens with zero attached hydrogens (tertiary/aromatic N) is 3. The van der Waals surface area contributed by atoms with Gasteiger partial charge < -0.3 is 5.32 Å². The first-order chi connectivity index (χ1) is 10.9. The summed E-state index contributed by atoms with van der Waals surface area (Å²) in [5.74, 6) is -1.03. The van der Waals surface area contributed by atoms with Crippen molar-refractivity contribution >= 4 is 39.7 Å². The van der Waals surface area contributed by atoms with Crippen molar-refractivity contribution in [3.63, 3.8) is 0 Å². The van der Waals surface area contributed by atoms with Crippen molar-refractivity contribution in [1.82, 2.24) is 14.5 Å². The molecule has 0 spiro atoms. The molecule has 0 bridgehead atoms. The summed E-state index contributed by atoms with van der Waals surface area (Å²) in [6.07, 6.45) is -4.63. The fourth-order valence-electron chi connectivity index (χ4n) is 2.12. The topological polar surface area (TPSA) is 42.7 Å². The SMILES string of the molecule is CCNc1nc(C(F)(F)F)nc2c1sc(=S)n2-c1ccccc1. The summed E-state index contributed by atoms with van der Waals surface area (Å²) in [6.45, 7) is 2.23. The molecule has 3 aromatic rings. The van der Waals surface area contributed by atoms with Crippen LogP contribution in [-0.2, 0) is 6.18 Å². The molecule has 1 N–H and O–H groups in total. The van der Waals surface area contributed by atoms with E-state index in [4.69, 9.17) is 12.2 Å². The summed E-state index contributed by atoms with van der Waals surface area (Å²) >= 11 is 6.50. The van der Waals surface area contributed by atoms with E-state index in [9.17, 15) is 13.2 Å². The van der Waals surface area contributed by atoms with Crippen LogP contribution in [0.4, 0.5) is 19.0 Å². The largest absolute Gasteiger partial charge is 0.451 e. The molecule has 0 amide bonds. The molecule has 3 rings (SSSR count). The lowest BCUT2D eigenvalue weighted by Gasteiger charge is -2.10. The van der Waals surface area contributed by atoms with Crippen molar-refractivity contribution < 1.29 is 13.2 Å². The second-order valence-corrected chi connectivity index (χ2v) is 6.26. The van der Waals surface area contributed by atoms with E-state index in [2.05, 4.69) is 15.3 Å². The minimum atomic E-state index is -4.63. The molecule has 0 aliphatic carbocycles. The molecule has 23 heavy (non-hydrogen) atoms. The fourth-order valence-corrected chi connectivity index (χ4v) is 3.46. The monoisotopic (exact) mass is 356 g/mol. The lowest BCUT2D eigenvalue weighted by molar-refractivity contribution is -0.144. The Hall–Kier alpha value is -2.00. The zero-order valence-corrected chi connectivity index (χ0v) is 13.5. The molecule has 0 saturated heterocycles. The predicted octanol–water partition coefficient (Wildman–Crippen LogP) is 4.66. The number of halogens is 3. The van der Waals surface area contributed by atoms with Gasteiger partial charge in [0.1, 0.15) is 10.5 Å². The Morgan fingerprint density at radius 1 is 1.22 bits per heavy atom. The molecule has 0 aliphatic heterocycles. The highest BCUT2D eigenvalue weighted by atomic mass is 32.1. The number of thiazole rings is 1. The highest BCUT2D eigenvalue weighted by molar-refractivity contribution is 7.73. The van der Waals surface area contributed by atoms with E-state index < -0.39 is 12.0 Å². The van der Waals surface area contributed by atoms with Crippen LogP contribution in [0.15, 0.2) is 30.3 Å². The maximum Gasteiger partial charge on any atom is 0.451 e. The Morgan fingerprint density at radius 2 is 1.91 bits per heavy atom.